The van der Waals surface area contributed by atoms with E-state index in [9.17, 15) is 4.79 Å². The summed E-state index contributed by atoms with van der Waals surface area (Å²) >= 11 is 0. The van der Waals surface area contributed by atoms with E-state index >= 15 is 0 Å². The predicted octanol–water partition coefficient (Wildman–Crippen LogP) is 1.05. The van der Waals surface area contributed by atoms with Crippen molar-refractivity contribution in [2.24, 2.45) is 0 Å². The van der Waals surface area contributed by atoms with Crippen LogP contribution in [0.1, 0.15) is 12.7 Å². The molecule has 1 N–H and O–H groups in total. The van der Waals surface area contributed by atoms with Crippen molar-refractivity contribution in [2.45, 2.75) is 26.6 Å². The summed E-state index contributed by atoms with van der Waals surface area (Å²) in [5.41, 5.74) is 0.0484. The van der Waals surface area contributed by atoms with Crippen LogP contribution in [0.25, 0.3) is 0 Å². The molecule has 0 unspecified atom stereocenters. The summed E-state index contributed by atoms with van der Waals surface area (Å²) in [6.07, 6.45) is 5.29. The third-order valence-corrected chi connectivity index (χ3v) is 2.67. The first kappa shape index (κ1) is 11.7. The Morgan fingerprint density at radius 3 is 2.82 bits per heavy atom. The second-order valence-electron chi connectivity index (χ2n) is 3.82. The molecule has 0 atom stereocenters. The second-order valence-corrected chi connectivity index (χ2v) is 3.82. The van der Waals surface area contributed by atoms with Crippen LogP contribution in [-0.4, -0.2) is 15.7 Å². The number of aryl methyl sites for hydroxylation is 1. The number of aromatic nitrogens is 2. The standard InChI is InChI=1S/C12H17N3O2/c1-2-14-7-8-15(12(14)16)6-5-13-10-11-4-3-9-17-11/h3-4,7-9,13H,2,5-6,10H2,1H3. The van der Waals surface area contributed by atoms with Crippen molar-refractivity contribution >= 4 is 0 Å². The van der Waals surface area contributed by atoms with E-state index < -0.39 is 0 Å². The minimum Gasteiger partial charge on any atom is -0.468 e. The lowest BCUT2D eigenvalue weighted by atomic mass is 10.4. The highest BCUT2D eigenvalue weighted by Gasteiger charge is 2.00. The van der Waals surface area contributed by atoms with Crippen LogP contribution in [0.15, 0.2) is 40.0 Å². The van der Waals surface area contributed by atoms with Gasteiger partial charge in [0.1, 0.15) is 5.76 Å². The number of nitrogens with zero attached hydrogens (tertiary/aromatic N) is 2. The minimum absolute atomic E-state index is 0.0484. The SMILES string of the molecule is CCn1ccn(CCNCc2ccco2)c1=O. The fourth-order valence-corrected chi connectivity index (χ4v) is 1.69. The molecular formula is C12H17N3O2. The van der Waals surface area contributed by atoms with Crippen LogP contribution in [-0.2, 0) is 19.6 Å². The molecule has 0 aliphatic rings. The van der Waals surface area contributed by atoms with Crippen LogP contribution in [0.4, 0.5) is 0 Å². The third kappa shape index (κ3) is 2.88. The second kappa shape index (κ2) is 5.54. The lowest BCUT2D eigenvalue weighted by Crippen LogP contribution is -2.28. The molecule has 0 aliphatic heterocycles. The predicted molar refractivity (Wildman–Crippen MR) is 64.8 cm³/mol. The number of furan rings is 1. The first-order valence-electron chi connectivity index (χ1n) is 5.80. The molecule has 0 radical (unpaired) electrons. The van der Waals surface area contributed by atoms with Gasteiger partial charge in [-0.05, 0) is 19.1 Å². The average Bonchev–Trinajstić information content (AvgIpc) is 2.95. The molecule has 5 nitrogen and oxygen atoms in total. The zero-order valence-electron chi connectivity index (χ0n) is 9.93. The van der Waals surface area contributed by atoms with Crippen molar-refractivity contribution < 1.29 is 4.42 Å². The monoisotopic (exact) mass is 235 g/mol. The van der Waals surface area contributed by atoms with E-state index in [-0.39, 0.29) is 5.69 Å². The maximum Gasteiger partial charge on any atom is 0.328 e. The molecule has 17 heavy (non-hydrogen) atoms. The van der Waals surface area contributed by atoms with Gasteiger partial charge in [-0.3, -0.25) is 9.13 Å². The Morgan fingerprint density at radius 2 is 2.18 bits per heavy atom. The van der Waals surface area contributed by atoms with Gasteiger partial charge in [0, 0.05) is 32.0 Å². The Labute approximate surface area is 99.7 Å². The molecule has 5 heteroatoms. The van der Waals surface area contributed by atoms with Gasteiger partial charge in [0.15, 0.2) is 0 Å². The third-order valence-electron chi connectivity index (χ3n) is 2.67. The molecule has 0 aliphatic carbocycles. The molecular weight excluding hydrogens is 218 g/mol. The van der Waals surface area contributed by atoms with Crippen molar-refractivity contribution in [2.75, 3.05) is 6.54 Å². The van der Waals surface area contributed by atoms with Gasteiger partial charge in [0.25, 0.3) is 0 Å². The fourth-order valence-electron chi connectivity index (χ4n) is 1.69. The maximum atomic E-state index is 11.7. The Kier molecular flexibility index (Phi) is 3.82. The molecule has 2 rings (SSSR count). The quantitative estimate of drug-likeness (QED) is 0.761. The minimum atomic E-state index is 0.0484. The number of hydrogen-bond donors (Lipinski definition) is 1. The summed E-state index contributed by atoms with van der Waals surface area (Å²) in [6, 6.07) is 3.79. The zero-order valence-corrected chi connectivity index (χ0v) is 9.93. The van der Waals surface area contributed by atoms with Crippen molar-refractivity contribution in [3.63, 3.8) is 0 Å². The van der Waals surface area contributed by atoms with E-state index in [1.165, 1.54) is 0 Å². The smallest absolute Gasteiger partial charge is 0.328 e. The molecule has 0 fully saturated rings. The summed E-state index contributed by atoms with van der Waals surface area (Å²) in [4.78, 5) is 11.7. The van der Waals surface area contributed by atoms with Gasteiger partial charge in [-0.15, -0.1) is 0 Å². The Hall–Kier alpha value is -1.75. The highest BCUT2D eigenvalue weighted by atomic mass is 16.3. The number of rotatable bonds is 6. The maximum absolute atomic E-state index is 11.7. The molecule has 0 saturated heterocycles. The molecule has 0 bridgehead atoms. The zero-order chi connectivity index (χ0) is 12.1. The molecule has 92 valence electrons. The Balaban J connectivity index is 1.78. The van der Waals surface area contributed by atoms with Gasteiger partial charge >= 0.3 is 5.69 Å². The van der Waals surface area contributed by atoms with Crippen molar-refractivity contribution in [3.8, 4) is 0 Å². The van der Waals surface area contributed by atoms with Crippen LogP contribution in [0, 0.1) is 0 Å². The molecule has 2 aromatic heterocycles. The van der Waals surface area contributed by atoms with Crippen LogP contribution in [0.5, 0.6) is 0 Å². The highest BCUT2D eigenvalue weighted by molar-refractivity contribution is 4.97. The number of nitrogens with one attached hydrogen (secondary N) is 1. The van der Waals surface area contributed by atoms with Crippen molar-refractivity contribution in [1.82, 2.24) is 14.5 Å². The summed E-state index contributed by atoms with van der Waals surface area (Å²) < 4.78 is 8.59. The topological polar surface area (TPSA) is 52.1 Å². The first-order chi connectivity index (χ1) is 8.31. The fraction of sp³-hybridized carbons (Fsp3) is 0.417. The summed E-state index contributed by atoms with van der Waals surface area (Å²) in [5, 5.41) is 3.23. The average molecular weight is 235 g/mol. The first-order valence-corrected chi connectivity index (χ1v) is 5.80. The van der Waals surface area contributed by atoms with Crippen LogP contribution in [0.2, 0.25) is 0 Å². The van der Waals surface area contributed by atoms with E-state index in [1.54, 1.807) is 15.4 Å². The summed E-state index contributed by atoms with van der Waals surface area (Å²) in [7, 11) is 0. The van der Waals surface area contributed by atoms with E-state index in [2.05, 4.69) is 5.32 Å². The van der Waals surface area contributed by atoms with Crippen molar-refractivity contribution in [1.29, 1.82) is 0 Å². The van der Waals surface area contributed by atoms with Crippen LogP contribution < -0.4 is 11.0 Å². The number of imidazole rings is 1. The lowest BCUT2D eigenvalue weighted by molar-refractivity contribution is 0.473. The van der Waals surface area contributed by atoms with E-state index in [1.807, 2.05) is 31.5 Å². The Bertz CT molecular complexity index is 496. The molecule has 0 amide bonds. The van der Waals surface area contributed by atoms with Gasteiger partial charge < -0.3 is 9.73 Å². The van der Waals surface area contributed by atoms with Crippen LogP contribution >= 0.6 is 0 Å². The van der Waals surface area contributed by atoms with E-state index in [4.69, 9.17) is 4.42 Å². The lowest BCUT2D eigenvalue weighted by Gasteiger charge is -2.03. The van der Waals surface area contributed by atoms with Gasteiger partial charge in [-0.2, -0.15) is 0 Å². The molecule has 2 heterocycles. The molecule has 2 aromatic rings. The van der Waals surface area contributed by atoms with E-state index in [0.717, 1.165) is 12.3 Å². The van der Waals surface area contributed by atoms with Gasteiger partial charge in [-0.25, -0.2) is 4.79 Å². The highest BCUT2D eigenvalue weighted by Crippen LogP contribution is 1.97. The largest absolute Gasteiger partial charge is 0.468 e. The summed E-state index contributed by atoms with van der Waals surface area (Å²) in [6.45, 7) is 4.78. The van der Waals surface area contributed by atoms with Crippen molar-refractivity contribution in [3.05, 3.63) is 47.0 Å². The normalized spacial score (nSPS) is 10.9. The summed E-state index contributed by atoms with van der Waals surface area (Å²) in [5.74, 6) is 0.906. The number of hydrogen-bond acceptors (Lipinski definition) is 3. The van der Waals surface area contributed by atoms with Gasteiger partial charge in [0.2, 0.25) is 0 Å². The Morgan fingerprint density at radius 1 is 1.35 bits per heavy atom. The van der Waals surface area contributed by atoms with E-state index in [0.29, 0.717) is 19.6 Å². The molecule has 0 aromatic carbocycles. The molecule has 0 spiro atoms. The van der Waals surface area contributed by atoms with Gasteiger partial charge in [0.05, 0.1) is 12.8 Å². The molecule has 0 saturated carbocycles. The van der Waals surface area contributed by atoms with Crippen LogP contribution in [0.3, 0.4) is 0 Å². The van der Waals surface area contributed by atoms with Gasteiger partial charge in [-0.1, -0.05) is 0 Å².